The minimum atomic E-state index is -0.377. The van der Waals surface area contributed by atoms with Crippen LogP contribution in [0, 0.1) is 0 Å². The number of carbonyl (C=O) groups is 2. The molecule has 0 aliphatic rings. The SMILES string of the molecule is O=C(CCC(=O)Nc1cccc(Cl)c1)NN=Cc1ccc(Cl)c(Cl)c1. The zero-order valence-corrected chi connectivity index (χ0v) is 15.2. The molecule has 0 unspecified atom stereocenters. The molecule has 2 aromatic carbocycles. The molecule has 0 atom stereocenters. The van der Waals surface area contributed by atoms with Crippen molar-refractivity contribution < 1.29 is 9.59 Å². The number of hydrazone groups is 1. The Morgan fingerprint density at radius 3 is 2.44 bits per heavy atom. The Balaban J connectivity index is 1.75. The van der Waals surface area contributed by atoms with Crippen LogP contribution in [-0.2, 0) is 9.59 Å². The molecule has 0 radical (unpaired) electrons. The lowest BCUT2D eigenvalue weighted by Gasteiger charge is -2.05. The molecule has 2 rings (SSSR count). The van der Waals surface area contributed by atoms with E-state index in [0.717, 1.165) is 0 Å². The molecular weight excluding hydrogens is 385 g/mol. The zero-order valence-electron chi connectivity index (χ0n) is 12.9. The fraction of sp³-hybridized carbons (Fsp3) is 0.118. The van der Waals surface area contributed by atoms with Gasteiger partial charge in [-0.3, -0.25) is 9.59 Å². The average molecular weight is 399 g/mol. The quantitative estimate of drug-likeness (QED) is 0.555. The molecule has 0 aliphatic carbocycles. The van der Waals surface area contributed by atoms with Gasteiger partial charge in [0.2, 0.25) is 11.8 Å². The summed E-state index contributed by atoms with van der Waals surface area (Å²) in [5.41, 5.74) is 3.61. The molecule has 0 bridgehead atoms. The number of halogens is 3. The maximum atomic E-state index is 11.8. The van der Waals surface area contributed by atoms with Crippen LogP contribution in [0.15, 0.2) is 47.6 Å². The minimum Gasteiger partial charge on any atom is -0.326 e. The standard InChI is InChI=1S/C17H14Cl3N3O2/c18-12-2-1-3-13(9-12)22-16(24)6-7-17(25)23-21-10-11-4-5-14(19)15(20)8-11/h1-5,8-10H,6-7H2,(H,22,24)(H,23,25). The van der Waals surface area contributed by atoms with Gasteiger partial charge in [-0.1, -0.05) is 46.9 Å². The highest BCUT2D eigenvalue weighted by Crippen LogP contribution is 2.21. The van der Waals surface area contributed by atoms with Crippen molar-refractivity contribution >= 4 is 58.5 Å². The van der Waals surface area contributed by atoms with Crippen LogP contribution in [0.5, 0.6) is 0 Å². The van der Waals surface area contributed by atoms with Crippen molar-refractivity contribution in [3.05, 3.63) is 63.1 Å². The van der Waals surface area contributed by atoms with E-state index < -0.39 is 0 Å². The van der Waals surface area contributed by atoms with Crippen LogP contribution in [0.25, 0.3) is 0 Å². The molecule has 130 valence electrons. The number of nitrogens with zero attached hydrogens (tertiary/aromatic N) is 1. The highest BCUT2D eigenvalue weighted by atomic mass is 35.5. The van der Waals surface area contributed by atoms with Gasteiger partial charge in [0.25, 0.3) is 0 Å². The zero-order chi connectivity index (χ0) is 18.2. The van der Waals surface area contributed by atoms with Gasteiger partial charge < -0.3 is 5.32 Å². The van der Waals surface area contributed by atoms with Crippen molar-refractivity contribution in [2.75, 3.05) is 5.32 Å². The van der Waals surface area contributed by atoms with E-state index in [-0.39, 0.29) is 24.7 Å². The van der Waals surface area contributed by atoms with E-state index in [1.165, 1.54) is 6.21 Å². The lowest BCUT2D eigenvalue weighted by atomic mass is 10.2. The first-order valence-electron chi connectivity index (χ1n) is 7.26. The van der Waals surface area contributed by atoms with Crippen LogP contribution >= 0.6 is 34.8 Å². The van der Waals surface area contributed by atoms with Gasteiger partial charge in [0.05, 0.1) is 16.3 Å². The molecule has 5 nitrogen and oxygen atoms in total. The molecule has 0 saturated heterocycles. The summed E-state index contributed by atoms with van der Waals surface area (Å²) in [6, 6.07) is 11.7. The molecule has 2 N–H and O–H groups in total. The van der Waals surface area contributed by atoms with Crippen LogP contribution in [0.3, 0.4) is 0 Å². The Morgan fingerprint density at radius 1 is 0.960 bits per heavy atom. The number of anilines is 1. The molecular formula is C17H14Cl3N3O2. The molecule has 0 fully saturated rings. The Hall–Kier alpha value is -2.08. The Labute approximate surface area is 160 Å². The van der Waals surface area contributed by atoms with Crippen molar-refractivity contribution in [3.8, 4) is 0 Å². The predicted octanol–water partition coefficient (Wildman–Crippen LogP) is 4.52. The van der Waals surface area contributed by atoms with E-state index in [9.17, 15) is 9.59 Å². The van der Waals surface area contributed by atoms with Crippen molar-refractivity contribution in [2.45, 2.75) is 12.8 Å². The fourth-order valence-electron chi connectivity index (χ4n) is 1.84. The lowest BCUT2D eigenvalue weighted by molar-refractivity contribution is -0.124. The van der Waals surface area contributed by atoms with Crippen molar-refractivity contribution in [1.82, 2.24) is 5.43 Å². The first kappa shape index (κ1) is 19.2. The van der Waals surface area contributed by atoms with Gasteiger partial charge in [0, 0.05) is 23.6 Å². The van der Waals surface area contributed by atoms with Gasteiger partial charge in [-0.2, -0.15) is 5.10 Å². The fourth-order valence-corrected chi connectivity index (χ4v) is 2.34. The molecule has 0 saturated carbocycles. The summed E-state index contributed by atoms with van der Waals surface area (Å²) >= 11 is 17.5. The normalized spacial score (nSPS) is 10.7. The van der Waals surface area contributed by atoms with E-state index in [1.807, 2.05) is 0 Å². The van der Waals surface area contributed by atoms with Gasteiger partial charge in [-0.25, -0.2) is 5.43 Å². The predicted molar refractivity (Wildman–Crippen MR) is 102 cm³/mol. The van der Waals surface area contributed by atoms with Gasteiger partial charge in [-0.15, -0.1) is 0 Å². The van der Waals surface area contributed by atoms with Crippen molar-refractivity contribution in [2.24, 2.45) is 5.10 Å². The molecule has 0 aliphatic heterocycles. The molecule has 0 heterocycles. The molecule has 25 heavy (non-hydrogen) atoms. The molecule has 8 heteroatoms. The first-order chi connectivity index (χ1) is 11.9. The summed E-state index contributed by atoms with van der Waals surface area (Å²) < 4.78 is 0. The first-order valence-corrected chi connectivity index (χ1v) is 8.40. The van der Waals surface area contributed by atoms with Crippen LogP contribution in [0.2, 0.25) is 15.1 Å². The maximum absolute atomic E-state index is 11.8. The summed E-state index contributed by atoms with van der Waals surface area (Å²) in [4.78, 5) is 23.5. The van der Waals surface area contributed by atoms with Crippen LogP contribution in [-0.4, -0.2) is 18.0 Å². The van der Waals surface area contributed by atoms with Crippen LogP contribution in [0.4, 0.5) is 5.69 Å². The van der Waals surface area contributed by atoms with Gasteiger partial charge in [-0.05, 0) is 35.9 Å². The van der Waals surface area contributed by atoms with Crippen LogP contribution < -0.4 is 10.7 Å². The largest absolute Gasteiger partial charge is 0.326 e. The Morgan fingerprint density at radius 2 is 1.72 bits per heavy atom. The Bertz CT molecular complexity index is 809. The topological polar surface area (TPSA) is 70.6 Å². The third kappa shape index (κ3) is 6.74. The average Bonchev–Trinajstić information content (AvgIpc) is 2.56. The highest BCUT2D eigenvalue weighted by Gasteiger charge is 2.07. The monoisotopic (exact) mass is 397 g/mol. The number of rotatable bonds is 6. The second-order valence-electron chi connectivity index (χ2n) is 5.03. The summed E-state index contributed by atoms with van der Waals surface area (Å²) in [6.45, 7) is 0. The second kappa shape index (κ2) is 9.42. The molecule has 0 aromatic heterocycles. The summed E-state index contributed by atoms with van der Waals surface area (Å²) in [5.74, 6) is -0.663. The van der Waals surface area contributed by atoms with Crippen molar-refractivity contribution in [1.29, 1.82) is 0 Å². The third-order valence-electron chi connectivity index (χ3n) is 3.03. The molecule has 2 amide bonds. The summed E-state index contributed by atoms with van der Waals surface area (Å²) in [6.07, 6.45) is 1.47. The van der Waals surface area contributed by atoms with Gasteiger partial charge in [0.15, 0.2) is 0 Å². The minimum absolute atomic E-state index is 0.00507. The lowest BCUT2D eigenvalue weighted by Crippen LogP contribution is -2.20. The number of amides is 2. The van der Waals surface area contributed by atoms with E-state index in [2.05, 4.69) is 15.8 Å². The van der Waals surface area contributed by atoms with Crippen molar-refractivity contribution in [3.63, 3.8) is 0 Å². The van der Waals surface area contributed by atoms with Crippen LogP contribution in [0.1, 0.15) is 18.4 Å². The van der Waals surface area contributed by atoms with E-state index >= 15 is 0 Å². The molecule has 0 spiro atoms. The third-order valence-corrected chi connectivity index (χ3v) is 4.01. The number of benzene rings is 2. The maximum Gasteiger partial charge on any atom is 0.240 e. The van der Waals surface area contributed by atoms with E-state index in [4.69, 9.17) is 34.8 Å². The molecule has 2 aromatic rings. The van der Waals surface area contributed by atoms with E-state index in [0.29, 0.717) is 26.3 Å². The summed E-state index contributed by atoms with van der Waals surface area (Å²) in [5, 5.41) is 7.83. The Kier molecular flexibility index (Phi) is 7.25. The number of carbonyl (C=O) groups excluding carboxylic acids is 2. The second-order valence-corrected chi connectivity index (χ2v) is 6.28. The van der Waals surface area contributed by atoms with Gasteiger partial charge in [0.1, 0.15) is 0 Å². The highest BCUT2D eigenvalue weighted by molar-refractivity contribution is 6.42. The summed E-state index contributed by atoms with van der Waals surface area (Å²) in [7, 11) is 0. The van der Waals surface area contributed by atoms with E-state index in [1.54, 1.807) is 42.5 Å². The van der Waals surface area contributed by atoms with Gasteiger partial charge >= 0.3 is 0 Å². The number of hydrogen-bond acceptors (Lipinski definition) is 3. The smallest absolute Gasteiger partial charge is 0.240 e. The number of nitrogens with one attached hydrogen (secondary N) is 2. The number of hydrogen-bond donors (Lipinski definition) is 2.